The maximum absolute atomic E-state index is 11.3. The molecule has 0 radical (unpaired) electrons. The average molecular weight is 256 g/mol. The van der Waals surface area contributed by atoms with E-state index < -0.39 is 10.1 Å². The molecule has 0 unspecified atom stereocenters. The number of rotatable bonds is 6. The molecule has 0 spiro atoms. The largest absolute Gasteiger partial charge is 0.294 e. The van der Waals surface area contributed by atoms with Crippen LogP contribution < -0.4 is 0 Å². The van der Waals surface area contributed by atoms with Gasteiger partial charge in [0.2, 0.25) is 0 Å². The smallest absolute Gasteiger partial charge is 0.282 e. The van der Waals surface area contributed by atoms with E-state index in [1.807, 2.05) is 13.0 Å². The van der Waals surface area contributed by atoms with Crippen LogP contribution >= 0.6 is 0 Å². The third kappa shape index (κ3) is 3.82. The maximum atomic E-state index is 11.3. The van der Waals surface area contributed by atoms with Gasteiger partial charge in [-0.25, -0.2) is 0 Å². The van der Waals surface area contributed by atoms with E-state index in [1.54, 1.807) is 6.07 Å². The Labute approximate surface area is 104 Å². The second kappa shape index (κ2) is 6.17. The Bertz CT molecular complexity index is 464. The minimum atomic E-state index is -4.10. The summed E-state index contributed by atoms with van der Waals surface area (Å²) >= 11 is 0. The van der Waals surface area contributed by atoms with Gasteiger partial charge in [0.05, 0.1) is 4.90 Å². The molecule has 1 N–H and O–H groups in total. The van der Waals surface area contributed by atoms with Crippen LogP contribution in [-0.4, -0.2) is 13.0 Å². The lowest BCUT2D eigenvalue weighted by atomic mass is 9.99. The van der Waals surface area contributed by atoms with Gasteiger partial charge < -0.3 is 0 Å². The minimum absolute atomic E-state index is 0.0768. The number of benzene rings is 1. The van der Waals surface area contributed by atoms with Crippen LogP contribution in [0.1, 0.15) is 44.2 Å². The standard InChI is InChI=1S/C13H20O3S/c1-3-5-8-11-9-6-10-13(17(14,15)16)12(11)7-4-2/h6,9-10H,3-5,7-8H2,1-2H3,(H,14,15,16). The third-order valence-electron chi connectivity index (χ3n) is 2.81. The fourth-order valence-corrected chi connectivity index (χ4v) is 2.78. The van der Waals surface area contributed by atoms with Crippen molar-refractivity contribution in [1.29, 1.82) is 0 Å². The highest BCUT2D eigenvalue weighted by Crippen LogP contribution is 2.22. The van der Waals surface area contributed by atoms with Gasteiger partial charge in [0.15, 0.2) is 0 Å². The van der Waals surface area contributed by atoms with Crippen LogP contribution in [0.2, 0.25) is 0 Å². The molecule has 0 aliphatic heterocycles. The summed E-state index contributed by atoms with van der Waals surface area (Å²) in [5, 5.41) is 0. The second-order valence-electron chi connectivity index (χ2n) is 4.22. The summed E-state index contributed by atoms with van der Waals surface area (Å²) in [6, 6.07) is 5.14. The van der Waals surface area contributed by atoms with Crippen LogP contribution in [0.25, 0.3) is 0 Å². The highest BCUT2D eigenvalue weighted by molar-refractivity contribution is 7.85. The van der Waals surface area contributed by atoms with Gasteiger partial charge in [-0.05, 0) is 36.5 Å². The van der Waals surface area contributed by atoms with Gasteiger partial charge in [0, 0.05) is 0 Å². The molecule has 4 heteroatoms. The van der Waals surface area contributed by atoms with E-state index in [4.69, 9.17) is 0 Å². The molecular weight excluding hydrogens is 236 g/mol. The summed E-state index contributed by atoms with van der Waals surface area (Å²) in [5.74, 6) is 0. The van der Waals surface area contributed by atoms with Gasteiger partial charge in [-0.3, -0.25) is 4.55 Å². The molecule has 0 aromatic heterocycles. The second-order valence-corrected chi connectivity index (χ2v) is 5.61. The molecule has 0 heterocycles. The van der Waals surface area contributed by atoms with Crippen LogP contribution in [0, 0.1) is 0 Å². The molecule has 1 aromatic rings. The van der Waals surface area contributed by atoms with E-state index >= 15 is 0 Å². The van der Waals surface area contributed by atoms with Crippen LogP contribution in [0.4, 0.5) is 0 Å². The van der Waals surface area contributed by atoms with Crippen LogP contribution in [-0.2, 0) is 23.0 Å². The van der Waals surface area contributed by atoms with Crippen molar-refractivity contribution >= 4 is 10.1 Å². The van der Waals surface area contributed by atoms with Gasteiger partial charge in [0.25, 0.3) is 10.1 Å². The summed E-state index contributed by atoms with van der Waals surface area (Å²) in [5.41, 5.74) is 1.83. The molecule has 0 fully saturated rings. The predicted octanol–water partition coefficient (Wildman–Crippen LogP) is 3.23. The first-order chi connectivity index (χ1) is 8.00. The molecule has 0 atom stereocenters. The number of aryl methyl sites for hydroxylation is 1. The fourth-order valence-electron chi connectivity index (χ4n) is 1.99. The molecule has 0 aliphatic carbocycles. The molecule has 0 saturated carbocycles. The van der Waals surface area contributed by atoms with Crippen molar-refractivity contribution in [3.05, 3.63) is 29.3 Å². The first kappa shape index (κ1) is 14.2. The van der Waals surface area contributed by atoms with E-state index in [2.05, 4.69) is 6.92 Å². The van der Waals surface area contributed by atoms with Crippen molar-refractivity contribution in [2.75, 3.05) is 0 Å². The zero-order chi connectivity index (χ0) is 12.9. The molecule has 1 aromatic carbocycles. The zero-order valence-electron chi connectivity index (χ0n) is 10.4. The molecule has 0 amide bonds. The Morgan fingerprint density at radius 1 is 1.12 bits per heavy atom. The van der Waals surface area contributed by atoms with E-state index in [0.29, 0.717) is 6.42 Å². The number of hydrogen-bond acceptors (Lipinski definition) is 2. The molecule has 0 aliphatic rings. The predicted molar refractivity (Wildman–Crippen MR) is 68.9 cm³/mol. The monoisotopic (exact) mass is 256 g/mol. The third-order valence-corrected chi connectivity index (χ3v) is 3.75. The Morgan fingerprint density at radius 2 is 1.82 bits per heavy atom. The highest BCUT2D eigenvalue weighted by Gasteiger charge is 2.17. The molecule has 0 saturated heterocycles. The number of unbranched alkanes of at least 4 members (excludes halogenated alkanes) is 1. The lowest BCUT2D eigenvalue weighted by molar-refractivity contribution is 0.481. The maximum Gasteiger partial charge on any atom is 0.294 e. The molecule has 17 heavy (non-hydrogen) atoms. The molecule has 96 valence electrons. The van der Waals surface area contributed by atoms with Crippen molar-refractivity contribution < 1.29 is 13.0 Å². The van der Waals surface area contributed by atoms with Crippen molar-refractivity contribution in [1.82, 2.24) is 0 Å². The van der Waals surface area contributed by atoms with E-state index in [0.717, 1.165) is 36.8 Å². The minimum Gasteiger partial charge on any atom is -0.282 e. The lowest BCUT2D eigenvalue weighted by Crippen LogP contribution is -2.06. The summed E-state index contributed by atoms with van der Waals surface area (Å²) in [6.07, 6.45) is 4.53. The zero-order valence-corrected chi connectivity index (χ0v) is 11.3. The molecule has 0 bridgehead atoms. The van der Waals surface area contributed by atoms with E-state index in [1.165, 1.54) is 6.07 Å². The average Bonchev–Trinajstić information content (AvgIpc) is 2.26. The first-order valence-corrected chi connectivity index (χ1v) is 7.53. The Balaban J connectivity index is 3.22. The van der Waals surface area contributed by atoms with E-state index in [9.17, 15) is 13.0 Å². The van der Waals surface area contributed by atoms with Crippen LogP contribution in [0.15, 0.2) is 23.1 Å². The topological polar surface area (TPSA) is 54.4 Å². The molecular formula is C13H20O3S. The fraction of sp³-hybridized carbons (Fsp3) is 0.538. The van der Waals surface area contributed by atoms with Crippen molar-refractivity contribution in [3.63, 3.8) is 0 Å². The summed E-state index contributed by atoms with van der Waals surface area (Å²) in [7, 11) is -4.10. The van der Waals surface area contributed by atoms with Gasteiger partial charge in [-0.15, -0.1) is 0 Å². The van der Waals surface area contributed by atoms with Gasteiger partial charge >= 0.3 is 0 Å². The lowest BCUT2D eigenvalue weighted by Gasteiger charge is -2.12. The SMILES string of the molecule is CCCCc1cccc(S(=O)(=O)O)c1CCC. The van der Waals surface area contributed by atoms with Crippen molar-refractivity contribution in [2.45, 2.75) is 50.8 Å². The van der Waals surface area contributed by atoms with Gasteiger partial charge in [-0.2, -0.15) is 8.42 Å². The summed E-state index contributed by atoms with van der Waals surface area (Å²) in [4.78, 5) is 0.0768. The normalized spacial score (nSPS) is 11.7. The summed E-state index contributed by atoms with van der Waals surface area (Å²) in [6.45, 7) is 4.11. The molecule has 3 nitrogen and oxygen atoms in total. The van der Waals surface area contributed by atoms with Gasteiger partial charge in [0.1, 0.15) is 0 Å². The first-order valence-electron chi connectivity index (χ1n) is 6.09. The van der Waals surface area contributed by atoms with Gasteiger partial charge in [-0.1, -0.05) is 38.8 Å². The van der Waals surface area contributed by atoms with Crippen molar-refractivity contribution in [3.8, 4) is 0 Å². The quantitative estimate of drug-likeness (QED) is 0.795. The highest BCUT2D eigenvalue weighted by atomic mass is 32.2. The summed E-state index contributed by atoms with van der Waals surface area (Å²) < 4.78 is 31.8. The van der Waals surface area contributed by atoms with Crippen molar-refractivity contribution in [2.24, 2.45) is 0 Å². The Kier molecular flexibility index (Phi) is 5.15. The van der Waals surface area contributed by atoms with Crippen LogP contribution in [0.3, 0.4) is 0 Å². The number of hydrogen-bond donors (Lipinski definition) is 1. The Hall–Kier alpha value is -0.870. The Morgan fingerprint density at radius 3 is 2.35 bits per heavy atom. The van der Waals surface area contributed by atoms with Crippen LogP contribution in [0.5, 0.6) is 0 Å². The van der Waals surface area contributed by atoms with E-state index in [-0.39, 0.29) is 4.90 Å². The molecule has 1 rings (SSSR count).